The molecular weight excluding hydrogens is 425 g/mol. The van der Waals surface area contributed by atoms with Gasteiger partial charge in [0.25, 0.3) is 0 Å². The van der Waals surface area contributed by atoms with E-state index in [9.17, 15) is 0 Å². The first kappa shape index (κ1) is 16.3. The molecule has 110 valence electrons. The summed E-state index contributed by atoms with van der Waals surface area (Å²) >= 11 is 14.4. The van der Waals surface area contributed by atoms with Gasteiger partial charge in [0.2, 0.25) is 0 Å². The van der Waals surface area contributed by atoms with Crippen LogP contribution in [0.4, 0.5) is 0 Å². The van der Waals surface area contributed by atoms with E-state index in [2.05, 4.69) is 44.3 Å². The van der Waals surface area contributed by atoms with Gasteiger partial charge in [-0.3, -0.25) is 0 Å². The summed E-state index contributed by atoms with van der Waals surface area (Å²) in [7, 11) is 0. The van der Waals surface area contributed by atoms with Crippen LogP contribution in [0.3, 0.4) is 0 Å². The largest absolute Gasteiger partial charge is 0.0884 e. The summed E-state index contributed by atoms with van der Waals surface area (Å²) in [5.74, 6) is 6.63. The van der Waals surface area contributed by atoms with Gasteiger partial charge in [-0.25, -0.2) is 0 Å². The van der Waals surface area contributed by atoms with Crippen LogP contribution in [0.1, 0.15) is 0 Å². The lowest BCUT2D eigenvalue weighted by Gasteiger charge is -1.99. The lowest BCUT2D eigenvalue weighted by atomic mass is 10.5. The lowest BCUT2D eigenvalue weighted by Crippen LogP contribution is -1.69. The predicted molar refractivity (Wildman–Crippen MR) is 117 cm³/mol. The molecule has 4 aliphatic rings. The van der Waals surface area contributed by atoms with Crippen molar-refractivity contribution < 1.29 is 0 Å². The minimum absolute atomic E-state index is 1.15. The number of hydrogen-bond acceptors (Lipinski definition) is 8. The Labute approximate surface area is 163 Å². The molecule has 0 aromatic carbocycles. The van der Waals surface area contributed by atoms with E-state index in [1.165, 1.54) is 16.9 Å². The van der Waals surface area contributed by atoms with Gasteiger partial charge in [0.05, 0.1) is 26.8 Å². The minimum atomic E-state index is 1.15. The summed E-state index contributed by atoms with van der Waals surface area (Å²) < 4.78 is 5.48. The third-order valence-electron chi connectivity index (χ3n) is 2.40. The van der Waals surface area contributed by atoms with Crippen molar-refractivity contribution in [1.82, 2.24) is 0 Å². The highest BCUT2D eigenvalue weighted by Gasteiger charge is 2.19. The Morgan fingerprint density at radius 2 is 0.909 bits per heavy atom. The summed E-state index contributed by atoms with van der Waals surface area (Å²) in [6.07, 6.45) is 0. The smallest absolute Gasteiger partial charge is 0.0707 e. The van der Waals surface area contributed by atoms with E-state index in [0.717, 1.165) is 9.81 Å². The van der Waals surface area contributed by atoms with Gasteiger partial charge in [0.1, 0.15) is 0 Å². The molecule has 4 heterocycles. The van der Waals surface area contributed by atoms with Crippen LogP contribution in [0.25, 0.3) is 0 Å². The van der Waals surface area contributed by atoms with Crippen molar-refractivity contribution in [3.05, 3.63) is 59.2 Å². The zero-order chi connectivity index (χ0) is 14.8. The van der Waals surface area contributed by atoms with Crippen molar-refractivity contribution in [2.75, 3.05) is 0 Å². The fourth-order valence-electron chi connectivity index (χ4n) is 1.53. The quantitative estimate of drug-likeness (QED) is 0.352. The zero-order valence-electron chi connectivity index (χ0n) is 10.7. The predicted octanol–water partition coefficient (Wildman–Crippen LogP) is 7.79. The van der Waals surface area contributed by atoms with Gasteiger partial charge in [-0.05, 0) is 32.4 Å². The molecule has 0 saturated carbocycles. The van der Waals surface area contributed by atoms with Crippen LogP contribution in [-0.4, -0.2) is 0 Å². The fraction of sp³-hybridized carbons (Fsp3) is 0. The topological polar surface area (TPSA) is 0 Å². The molecule has 0 radical (unpaired) electrons. The average molecular weight is 431 g/mol. The fourth-order valence-corrected chi connectivity index (χ4v) is 10.0. The average Bonchev–Trinajstić information content (AvgIpc) is 3.33. The maximum Gasteiger partial charge on any atom is 0.0707 e. The molecule has 0 fully saturated rings. The Morgan fingerprint density at radius 3 is 1.32 bits per heavy atom. The molecule has 0 aliphatic carbocycles. The molecular formula is C14H6S8. The molecule has 0 spiro atoms. The Hall–Kier alpha value is 0.800. The van der Waals surface area contributed by atoms with Gasteiger partial charge in [-0.15, -0.1) is 0 Å². The van der Waals surface area contributed by atoms with Crippen molar-refractivity contribution in [3.63, 3.8) is 0 Å². The summed E-state index contributed by atoms with van der Waals surface area (Å²) in [5, 5.41) is 12.9. The maximum atomic E-state index is 3.31. The van der Waals surface area contributed by atoms with E-state index in [-0.39, 0.29) is 0 Å². The molecule has 0 amide bonds. The van der Waals surface area contributed by atoms with Crippen molar-refractivity contribution in [2.45, 2.75) is 0 Å². The molecule has 0 atom stereocenters. The number of thioether (sulfide) groups is 8. The highest BCUT2D eigenvalue weighted by molar-refractivity contribution is 8.34. The van der Waals surface area contributed by atoms with Crippen LogP contribution < -0.4 is 0 Å². The molecule has 22 heavy (non-hydrogen) atoms. The van der Waals surface area contributed by atoms with Crippen molar-refractivity contribution in [2.24, 2.45) is 0 Å². The van der Waals surface area contributed by atoms with E-state index >= 15 is 0 Å². The van der Waals surface area contributed by atoms with Gasteiger partial charge in [0, 0.05) is 0 Å². The van der Waals surface area contributed by atoms with Crippen molar-refractivity contribution in [3.8, 4) is 11.8 Å². The Morgan fingerprint density at radius 1 is 0.500 bits per heavy atom. The summed E-state index contributed by atoms with van der Waals surface area (Å²) in [6, 6.07) is 0. The van der Waals surface area contributed by atoms with E-state index in [1.807, 2.05) is 0 Å². The molecule has 4 rings (SSSR count). The lowest BCUT2D eigenvalue weighted by molar-refractivity contribution is 2.09. The SMILES string of the molecule is C(#CC1=CSC(=C2SC=CS2)S1)C1=CSC(=C2SC=CS2)S1. The van der Waals surface area contributed by atoms with Crippen LogP contribution >= 0.6 is 94.1 Å². The number of rotatable bonds is 0. The van der Waals surface area contributed by atoms with Crippen molar-refractivity contribution >= 4 is 94.1 Å². The van der Waals surface area contributed by atoms with Gasteiger partial charge in [-0.1, -0.05) is 106 Å². The minimum Gasteiger partial charge on any atom is -0.0884 e. The van der Waals surface area contributed by atoms with E-state index < -0.39 is 0 Å². The van der Waals surface area contributed by atoms with Crippen LogP contribution in [0, 0.1) is 11.8 Å². The molecule has 0 aromatic rings. The van der Waals surface area contributed by atoms with Crippen LogP contribution in [0.5, 0.6) is 0 Å². The van der Waals surface area contributed by atoms with Gasteiger partial charge < -0.3 is 0 Å². The highest BCUT2D eigenvalue weighted by atomic mass is 32.2. The van der Waals surface area contributed by atoms with Crippen LogP contribution in [0.2, 0.25) is 0 Å². The molecule has 0 nitrogen and oxygen atoms in total. The Bertz CT molecular complexity index is 671. The molecule has 0 unspecified atom stereocenters. The standard InChI is InChI=1S/C14H6S8/c1(9-7-19-13(21-9)11-15-3-4-16-11)2-10-8-20-14(22-10)12-17-5-6-18-12/h3-8H. The van der Waals surface area contributed by atoms with E-state index in [4.69, 9.17) is 0 Å². The molecule has 0 aromatic heterocycles. The number of allylic oxidation sites excluding steroid dienone is 2. The van der Waals surface area contributed by atoms with Gasteiger partial charge in [0.15, 0.2) is 0 Å². The first-order valence-electron chi connectivity index (χ1n) is 5.95. The highest BCUT2D eigenvalue weighted by Crippen LogP contribution is 2.54. The molecule has 0 N–H and O–H groups in total. The Kier molecular flexibility index (Phi) is 5.76. The maximum absolute atomic E-state index is 3.31. The monoisotopic (exact) mass is 430 g/mol. The first-order valence-corrected chi connectivity index (χ1v) is 12.9. The zero-order valence-corrected chi connectivity index (χ0v) is 17.3. The molecule has 0 bridgehead atoms. The third kappa shape index (κ3) is 3.89. The van der Waals surface area contributed by atoms with Crippen molar-refractivity contribution in [1.29, 1.82) is 0 Å². The molecule has 4 aliphatic heterocycles. The second kappa shape index (κ2) is 7.79. The van der Waals surface area contributed by atoms with E-state index in [1.54, 1.807) is 94.1 Å². The molecule has 8 heteroatoms. The van der Waals surface area contributed by atoms with E-state index in [0.29, 0.717) is 0 Å². The normalized spacial score (nSPS) is 23.3. The first-order chi connectivity index (χ1) is 10.9. The summed E-state index contributed by atoms with van der Waals surface area (Å²) in [4.78, 5) is 2.30. The second-order valence-electron chi connectivity index (χ2n) is 3.82. The van der Waals surface area contributed by atoms with Crippen LogP contribution in [-0.2, 0) is 0 Å². The summed E-state index contributed by atoms with van der Waals surface area (Å²) in [6.45, 7) is 0. The third-order valence-corrected chi connectivity index (χ3v) is 12.3. The molecule has 0 saturated heterocycles. The number of hydrogen-bond donors (Lipinski definition) is 0. The Balaban J connectivity index is 1.38. The van der Waals surface area contributed by atoms with Gasteiger partial charge >= 0.3 is 0 Å². The second-order valence-corrected chi connectivity index (χ2v) is 12.4. The summed E-state index contributed by atoms with van der Waals surface area (Å²) in [5.41, 5.74) is 0. The van der Waals surface area contributed by atoms with Crippen LogP contribution in [0.15, 0.2) is 59.2 Å². The van der Waals surface area contributed by atoms with Gasteiger partial charge in [-0.2, -0.15) is 0 Å².